The molecule has 0 spiro atoms. The van der Waals surface area contributed by atoms with Crippen LogP contribution < -0.4 is 24.8 Å². The number of fused-ring (bicyclic) bond motifs is 1. The molecular formula is C32H33F4N3O5. The summed E-state index contributed by atoms with van der Waals surface area (Å²) in [7, 11) is 1.40. The van der Waals surface area contributed by atoms with Gasteiger partial charge in [0.1, 0.15) is 17.3 Å². The summed E-state index contributed by atoms with van der Waals surface area (Å²) in [5, 5.41) is 17.0. The molecule has 12 heteroatoms. The molecular weight excluding hydrogens is 582 g/mol. The first-order chi connectivity index (χ1) is 20.9. The van der Waals surface area contributed by atoms with E-state index in [0.717, 1.165) is 25.7 Å². The second kappa shape index (κ2) is 11.2. The van der Waals surface area contributed by atoms with Crippen molar-refractivity contribution in [3.05, 3.63) is 71.2 Å². The molecule has 3 N–H and O–H groups in total. The number of alkyl halides is 3. The van der Waals surface area contributed by atoms with Gasteiger partial charge < -0.3 is 30.0 Å². The van der Waals surface area contributed by atoms with Crippen molar-refractivity contribution in [2.24, 2.45) is 0 Å². The van der Waals surface area contributed by atoms with Gasteiger partial charge in [-0.2, -0.15) is 13.2 Å². The lowest BCUT2D eigenvalue weighted by Crippen LogP contribution is -2.51. The van der Waals surface area contributed by atoms with Crippen molar-refractivity contribution in [1.82, 2.24) is 15.6 Å². The van der Waals surface area contributed by atoms with E-state index in [1.165, 1.54) is 55.6 Å². The maximum Gasteiger partial charge on any atom is 0.424 e. The molecule has 1 unspecified atom stereocenters. The van der Waals surface area contributed by atoms with Gasteiger partial charge >= 0.3 is 6.18 Å². The molecule has 1 aliphatic heterocycles. The molecule has 3 aromatic rings. The first-order valence-corrected chi connectivity index (χ1v) is 14.5. The molecule has 44 heavy (non-hydrogen) atoms. The number of carbonyl (C=O) groups excluding carboxylic acids is 1. The number of rotatable bonds is 11. The predicted molar refractivity (Wildman–Crippen MR) is 152 cm³/mol. The lowest BCUT2D eigenvalue weighted by molar-refractivity contribution is -0.265. The van der Waals surface area contributed by atoms with Crippen molar-refractivity contribution < 1.29 is 41.7 Å². The highest BCUT2D eigenvalue weighted by atomic mass is 19.4. The topological polar surface area (TPSA) is 102 Å². The molecule has 0 saturated heterocycles. The van der Waals surface area contributed by atoms with E-state index in [9.17, 15) is 27.5 Å². The number of aromatic nitrogens is 1. The van der Waals surface area contributed by atoms with Gasteiger partial charge in [0.15, 0.2) is 11.5 Å². The van der Waals surface area contributed by atoms with Crippen molar-refractivity contribution in [2.45, 2.75) is 61.9 Å². The third kappa shape index (κ3) is 5.92. The molecule has 1 aromatic heterocycles. The zero-order valence-corrected chi connectivity index (χ0v) is 24.3. The van der Waals surface area contributed by atoms with Gasteiger partial charge in [0, 0.05) is 34.7 Å². The number of hydrogen-bond acceptors (Lipinski definition) is 7. The number of nitrogens with zero attached hydrogens (tertiary/aromatic N) is 1. The first kappa shape index (κ1) is 30.1. The molecule has 6 rings (SSSR count). The quantitative estimate of drug-likeness (QED) is 0.261. The highest BCUT2D eigenvalue weighted by Gasteiger charge is 2.57. The third-order valence-corrected chi connectivity index (χ3v) is 8.28. The number of pyridine rings is 1. The van der Waals surface area contributed by atoms with Gasteiger partial charge in [-0.25, -0.2) is 9.37 Å². The van der Waals surface area contributed by atoms with Crippen LogP contribution in [0.15, 0.2) is 48.5 Å². The Morgan fingerprint density at radius 1 is 1.09 bits per heavy atom. The van der Waals surface area contributed by atoms with Crippen LogP contribution in [0.4, 0.5) is 17.6 Å². The van der Waals surface area contributed by atoms with E-state index in [4.69, 9.17) is 14.2 Å². The van der Waals surface area contributed by atoms with Crippen LogP contribution >= 0.6 is 0 Å². The predicted octanol–water partition coefficient (Wildman–Crippen LogP) is 5.02. The average Bonchev–Trinajstić information content (AvgIpc) is 3.94. The number of aliphatic hydroxyl groups is 1. The van der Waals surface area contributed by atoms with E-state index in [0.29, 0.717) is 29.5 Å². The minimum Gasteiger partial charge on any atom is -0.493 e. The van der Waals surface area contributed by atoms with Crippen LogP contribution in [-0.4, -0.2) is 61.1 Å². The standard InChI is InChI=1S/C32H33F4N3O5/c1-30(15-37-21-8-9-21)17-43-28-23(30)14-26(39-27(28)18-3-6-20(33)7-4-18)31(41,32(34,35)36)16-38-29(40)19-5-12-24(25(13-19)42-2)44-22-10-11-22/h3-7,12-14,21-22,37,41H,8-11,15-17H2,1-2H3,(H,38,40)/t30-,31?/m0/s1. The monoisotopic (exact) mass is 615 g/mol. The van der Waals surface area contributed by atoms with Gasteiger partial charge in [-0.15, -0.1) is 0 Å². The number of ether oxygens (including phenoxy) is 3. The summed E-state index contributed by atoms with van der Waals surface area (Å²) >= 11 is 0. The molecule has 2 fully saturated rings. The summed E-state index contributed by atoms with van der Waals surface area (Å²) in [6.45, 7) is 1.25. The Kier molecular flexibility index (Phi) is 7.69. The molecule has 234 valence electrons. The Morgan fingerprint density at radius 3 is 2.45 bits per heavy atom. The van der Waals surface area contributed by atoms with E-state index in [2.05, 4.69) is 15.6 Å². The Balaban J connectivity index is 1.35. The zero-order valence-electron chi connectivity index (χ0n) is 24.3. The normalized spacial score (nSPS) is 20.8. The van der Waals surface area contributed by atoms with Crippen molar-refractivity contribution in [3.8, 4) is 28.5 Å². The smallest absolute Gasteiger partial charge is 0.424 e. The number of hydrogen-bond donors (Lipinski definition) is 3. The number of halogens is 4. The van der Waals surface area contributed by atoms with Crippen molar-refractivity contribution in [2.75, 3.05) is 26.8 Å². The Bertz CT molecular complexity index is 1560. The summed E-state index contributed by atoms with van der Waals surface area (Å²) in [6, 6.07) is 11.0. The largest absolute Gasteiger partial charge is 0.493 e. The summed E-state index contributed by atoms with van der Waals surface area (Å²) in [5.41, 5.74) is -4.21. The van der Waals surface area contributed by atoms with Crippen LogP contribution in [0.1, 0.15) is 54.2 Å². The second-order valence-corrected chi connectivity index (χ2v) is 12.0. The van der Waals surface area contributed by atoms with Crippen LogP contribution in [0.2, 0.25) is 0 Å². The van der Waals surface area contributed by atoms with Gasteiger partial charge in [-0.3, -0.25) is 4.79 Å². The summed E-state index contributed by atoms with van der Waals surface area (Å²) in [5.74, 6) is -0.422. The van der Waals surface area contributed by atoms with E-state index in [-0.39, 0.29) is 35.5 Å². The summed E-state index contributed by atoms with van der Waals surface area (Å²) < 4.78 is 75.1. The SMILES string of the molecule is COc1cc(C(=O)NCC(O)(c2cc3c(c(-c4ccc(F)cc4)n2)OC[C@]3(C)CNC2CC2)C(F)(F)F)ccc1OC1CC1. The number of amides is 1. The maximum absolute atomic E-state index is 14.8. The van der Waals surface area contributed by atoms with Crippen LogP contribution in [0.3, 0.4) is 0 Å². The van der Waals surface area contributed by atoms with Crippen LogP contribution in [0, 0.1) is 5.82 Å². The molecule has 2 atom stereocenters. The Labute approximate surface area is 251 Å². The molecule has 0 bridgehead atoms. The minimum atomic E-state index is -5.23. The van der Waals surface area contributed by atoms with Crippen LogP contribution in [0.5, 0.6) is 17.2 Å². The first-order valence-electron chi connectivity index (χ1n) is 14.5. The highest BCUT2D eigenvalue weighted by Crippen LogP contribution is 2.48. The van der Waals surface area contributed by atoms with E-state index in [1.807, 2.05) is 6.92 Å². The van der Waals surface area contributed by atoms with E-state index >= 15 is 0 Å². The Morgan fingerprint density at radius 2 is 1.82 bits per heavy atom. The van der Waals surface area contributed by atoms with Crippen molar-refractivity contribution in [3.63, 3.8) is 0 Å². The molecule has 0 radical (unpaired) electrons. The minimum absolute atomic E-state index is 0.0237. The zero-order chi connectivity index (χ0) is 31.3. The molecule has 2 aliphatic carbocycles. The fourth-order valence-electron chi connectivity index (χ4n) is 5.17. The van der Waals surface area contributed by atoms with Gasteiger partial charge in [0.2, 0.25) is 5.60 Å². The lowest BCUT2D eigenvalue weighted by Gasteiger charge is -2.32. The van der Waals surface area contributed by atoms with Crippen molar-refractivity contribution >= 4 is 5.91 Å². The summed E-state index contributed by atoms with van der Waals surface area (Å²) in [6.07, 6.45) is -1.32. The van der Waals surface area contributed by atoms with Gasteiger partial charge in [0.25, 0.3) is 5.91 Å². The summed E-state index contributed by atoms with van der Waals surface area (Å²) in [4.78, 5) is 17.3. The number of benzene rings is 2. The third-order valence-electron chi connectivity index (χ3n) is 8.28. The van der Waals surface area contributed by atoms with Gasteiger partial charge in [-0.05, 0) is 74.2 Å². The fraction of sp³-hybridized carbons (Fsp3) is 0.438. The van der Waals surface area contributed by atoms with Gasteiger partial charge in [0.05, 0.1) is 32.1 Å². The lowest BCUT2D eigenvalue weighted by atomic mass is 9.82. The molecule has 1 amide bonds. The molecule has 2 heterocycles. The number of methoxy groups -OCH3 is 1. The molecule has 3 aliphatic rings. The molecule has 8 nitrogen and oxygen atoms in total. The fourth-order valence-corrected chi connectivity index (χ4v) is 5.17. The van der Waals surface area contributed by atoms with E-state index < -0.39 is 41.2 Å². The van der Waals surface area contributed by atoms with E-state index in [1.54, 1.807) is 0 Å². The number of carbonyl (C=O) groups is 1. The van der Waals surface area contributed by atoms with Gasteiger partial charge in [-0.1, -0.05) is 6.92 Å². The second-order valence-electron chi connectivity index (χ2n) is 12.0. The van der Waals surface area contributed by atoms with Crippen LogP contribution in [-0.2, 0) is 11.0 Å². The molecule has 2 aromatic carbocycles. The Hall–Kier alpha value is -3.90. The maximum atomic E-state index is 14.8. The number of nitrogens with one attached hydrogen (secondary N) is 2. The highest BCUT2D eigenvalue weighted by molar-refractivity contribution is 5.95. The average molecular weight is 616 g/mol. The van der Waals surface area contributed by atoms with Crippen molar-refractivity contribution in [1.29, 1.82) is 0 Å². The molecule has 2 saturated carbocycles. The van der Waals surface area contributed by atoms with Crippen LogP contribution in [0.25, 0.3) is 11.3 Å².